The van der Waals surface area contributed by atoms with Crippen LogP contribution in [0.5, 0.6) is 0 Å². The van der Waals surface area contributed by atoms with Gasteiger partial charge in [-0.1, -0.05) is 30.4 Å². The number of benzene rings is 2. The lowest BCUT2D eigenvalue weighted by Gasteiger charge is -2.05. The largest absolute Gasteiger partial charge is 0.399 e. The molecule has 24 heavy (non-hydrogen) atoms. The van der Waals surface area contributed by atoms with E-state index < -0.39 is 0 Å². The van der Waals surface area contributed by atoms with Crippen molar-refractivity contribution < 1.29 is 0 Å². The molecule has 0 aliphatic heterocycles. The van der Waals surface area contributed by atoms with E-state index in [1.54, 1.807) is 24.3 Å². The third kappa shape index (κ3) is 3.33. The number of anilines is 1. The molecule has 1 heterocycles. The predicted octanol–water partition coefficient (Wildman–Crippen LogP) is 4.36. The van der Waals surface area contributed by atoms with Crippen LogP contribution < -0.4 is 5.73 Å². The molecule has 0 atom stereocenters. The summed E-state index contributed by atoms with van der Waals surface area (Å²) in [6.45, 7) is 0. The van der Waals surface area contributed by atoms with Crippen LogP contribution >= 0.6 is 0 Å². The summed E-state index contributed by atoms with van der Waals surface area (Å²) in [6, 6.07) is 18.4. The second-order valence-electron chi connectivity index (χ2n) is 5.38. The number of nitrogens with two attached hydrogens (primary N) is 1. The highest BCUT2D eigenvalue weighted by molar-refractivity contribution is 6.48. The molecule has 1 aliphatic carbocycles. The Morgan fingerprint density at radius 3 is 2.00 bits per heavy atom. The van der Waals surface area contributed by atoms with Gasteiger partial charge in [-0.05, 0) is 53.9 Å². The topological polar surface area (TPSA) is 78.7 Å². The summed E-state index contributed by atoms with van der Waals surface area (Å²) >= 11 is 0. The van der Waals surface area contributed by atoms with Crippen LogP contribution in [-0.4, -0.2) is 16.0 Å². The number of hydrogen-bond acceptors (Lipinski definition) is 3. The Labute approximate surface area is 140 Å². The van der Waals surface area contributed by atoms with Gasteiger partial charge in [-0.2, -0.15) is 0 Å². The van der Waals surface area contributed by atoms with Crippen molar-refractivity contribution in [2.75, 3.05) is 5.73 Å². The van der Waals surface area contributed by atoms with E-state index >= 15 is 0 Å². The Bertz CT molecular complexity index is 921. The summed E-state index contributed by atoms with van der Waals surface area (Å²) in [6.07, 6.45) is 8.78. The molecular formula is C20H18N4. The van der Waals surface area contributed by atoms with Gasteiger partial charge in [0, 0.05) is 17.6 Å². The normalized spacial score (nSPS) is 13.0. The van der Waals surface area contributed by atoms with Gasteiger partial charge in [0.2, 0.25) is 0 Å². The zero-order chi connectivity index (χ0) is 16.9. The molecule has 0 spiro atoms. The van der Waals surface area contributed by atoms with Crippen molar-refractivity contribution in [1.29, 1.82) is 10.8 Å². The molecule has 0 amide bonds. The second kappa shape index (κ2) is 6.79. The van der Waals surface area contributed by atoms with Gasteiger partial charge in [-0.3, -0.25) is 10.8 Å². The predicted molar refractivity (Wildman–Crippen MR) is 101 cm³/mol. The van der Waals surface area contributed by atoms with E-state index in [0.717, 1.165) is 11.4 Å². The first-order valence-electron chi connectivity index (χ1n) is 7.59. The van der Waals surface area contributed by atoms with Crippen molar-refractivity contribution in [3.63, 3.8) is 0 Å². The third-order valence-electron chi connectivity index (χ3n) is 3.70. The highest BCUT2D eigenvalue weighted by Gasteiger charge is 2.01. The van der Waals surface area contributed by atoms with E-state index in [0.29, 0.717) is 0 Å². The molecular weight excluding hydrogens is 296 g/mol. The Kier molecular flexibility index (Phi) is 4.38. The molecule has 0 radical (unpaired) electrons. The highest BCUT2D eigenvalue weighted by atomic mass is 15.0. The number of nitrogens with one attached hydrogen (secondary N) is 2. The van der Waals surface area contributed by atoms with Crippen molar-refractivity contribution in [3.8, 4) is 5.69 Å². The first-order chi connectivity index (χ1) is 11.6. The van der Waals surface area contributed by atoms with Crippen LogP contribution in [0.1, 0.15) is 0 Å². The van der Waals surface area contributed by atoms with Gasteiger partial charge in [0.1, 0.15) is 0 Å². The minimum absolute atomic E-state index is 0.285. The average Bonchev–Trinajstić information content (AvgIpc) is 3.03. The van der Waals surface area contributed by atoms with Crippen molar-refractivity contribution in [2.45, 2.75) is 0 Å². The van der Waals surface area contributed by atoms with Crippen molar-refractivity contribution in [2.24, 2.45) is 0 Å². The molecule has 2 aromatic carbocycles. The fourth-order valence-corrected chi connectivity index (χ4v) is 2.43. The van der Waals surface area contributed by atoms with E-state index in [4.69, 9.17) is 16.6 Å². The number of nitrogens with zero attached hydrogens (tertiary/aromatic N) is 1. The van der Waals surface area contributed by atoms with Gasteiger partial charge in [-0.15, -0.1) is 0 Å². The van der Waals surface area contributed by atoms with Gasteiger partial charge < -0.3 is 10.3 Å². The summed E-state index contributed by atoms with van der Waals surface area (Å²) in [4.78, 5) is 0. The minimum atomic E-state index is 0.285. The van der Waals surface area contributed by atoms with Crippen LogP contribution in [0, 0.1) is 10.8 Å². The van der Waals surface area contributed by atoms with Crippen LogP contribution in [0.4, 0.5) is 5.69 Å². The average molecular weight is 314 g/mol. The summed E-state index contributed by atoms with van der Waals surface area (Å²) in [5, 5.41) is 15.3. The molecule has 4 rings (SSSR count). The molecule has 1 aromatic heterocycles. The van der Waals surface area contributed by atoms with E-state index in [-0.39, 0.29) is 11.4 Å². The lowest BCUT2D eigenvalue weighted by atomic mass is 10.1. The maximum atomic E-state index is 7.03. The number of para-hydroxylation sites is 1. The van der Waals surface area contributed by atoms with E-state index in [1.165, 1.54) is 10.9 Å². The second-order valence-corrected chi connectivity index (χ2v) is 5.38. The van der Waals surface area contributed by atoms with Crippen molar-refractivity contribution in [3.05, 3.63) is 85.1 Å². The molecule has 0 saturated heterocycles. The number of hydrogen-bond donors (Lipinski definition) is 3. The Morgan fingerprint density at radius 2 is 1.38 bits per heavy atom. The van der Waals surface area contributed by atoms with Gasteiger partial charge in [0.15, 0.2) is 0 Å². The number of nitrogen functional groups attached to an aromatic ring is 1. The maximum absolute atomic E-state index is 7.03. The van der Waals surface area contributed by atoms with E-state index in [9.17, 15) is 0 Å². The molecule has 4 nitrogen and oxygen atoms in total. The number of fused-ring (bicyclic) bond motifs is 1. The fourth-order valence-electron chi connectivity index (χ4n) is 2.43. The zero-order valence-corrected chi connectivity index (χ0v) is 13.1. The third-order valence-corrected chi connectivity index (χ3v) is 3.70. The first-order valence-corrected chi connectivity index (χ1v) is 7.59. The lowest BCUT2D eigenvalue weighted by molar-refractivity contribution is 1.13. The van der Waals surface area contributed by atoms with Gasteiger partial charge in [0.25, 0.3) is 0 Å². The molecule has 4 N–H and O–H groups in total. The summed E-state index contributed by atoms with van der Waals surface area (Å²) in [5.41, 5.74) is 9.39. The minimum Gasteiger partial charge on any atom is -0.399 e. The fraction of sp³-hybridized carbons (Fsp3) is 0. The highest BCUT2D eigenvalue weighted by Crippen LogP contribution is 2.20. The Hall–Kier alpha value is -3.40. The van der Waals surface area contributed by atoms with Crippen molar-refractivity contribution in [1.82, 2.24) is 4.57 Å². The summed E-state index contributed by atoms with van der Waals surface area (Å²) in [5.74, 6) is 0. The zero-order valence-electron chi connectivity index (χ0n) is 13.1. The molecule has 0 bridgehead atoms. The van der Waals surface area contributed by atoms with Crippen LogP contribution in [-0.2, 0) is 0 Å². The van der Waals surface area contributed by atoms with Crippen LogP contribution in [0.15, 0.2) is 85.1 Å². The molecule has 0 saturated carbocycles. The molecule has 1 aliphatic rings. The van der Waals surface area contributed by atoms with Gasteiger partial charge in [-0.25, -0.2) is 0 Å². The molecule has 118 valence electrons. The monoisotopic (exact) mass is 314 g/mol. The lowest BCUT2D eigenvalue weighted by Crippen LogP contribution is -2.06. The number of allylic oxidation sites excluding steroid dienone is 4. The Balaban J connectivity index is 0.000000179. The first kappa shape index (κ1) is 15.5. The molecule has 0 unspecified atom stereocenters. The smallest absolute Gasteiger partial charge is 0.0789 e. The van der Waals surface area contributed by atoms with Gasteiger partial charge in [0.05, 0.1) is 16.9 Å². The summed E-state index contributed by atoms with van der Waals surface area (Å²) < 4.78 is 2.16. The number of rotatable bonds is 1. The van der Waals surface area contributed by atoms with Crippen LogP contribution in [0.2, 0.25) is 0 Å². The maximum Gasteiger partial charge on any atom is 0.0789 e. The molecule has 4 heteroatoms. The van der Waals surface area contributed by atoms with E-state index in [1.807, 2.05) is 24.3 Å². The van der Waals surface area contributed by atoms with Crippen LogP contribution in [0.3, 0.4) is 0 Å². The van der Waals surface area contributed by atoms with Gasteiger partial charge >= 0.3 is 0 Å². The SMILES string of the molecule is N=C1C=CC=CC1=N.Nc1ccc(-n2ccc3ccccc32)cc1. The number of aromatic nitrogens is 1. The summed E-state index contributed by atoms with van der Waals surface area (Å²) in [7, 11) is 0. The van der Waals surface area contributed by atoms with Crippen molar-refractivity contribution >= 4 is 28.0 Å². The molecule has 3 aromatic rings. The van der Waals surface area contributed by atoms with Crippen LogP contribution in [0.25, 0.3) is 16.6 Å². The molecule has 0 fully saturated rings. The quantitative estimate of drug-likeness (QED) is 0.453. The van der Waals surface area contributed by atoms with E-state index in [2.05, 4.69) is 41.1 Å². The Morgan fingerprint density at radius 1 is 0.750 bits per heavy atom. The standard InChI is InChI=1S/C14H12N2.C6H6N2/c15-12-5-7-13(8-6-12)16-10-9-11-3-1-2-4-14(11)16;7-5-3-1-2-4-6(5)8/h1-10H,15H2;1-4,7-8H.